The zero-order valence-corrected chi connectivity index (χ0v) is 11.0. The topological polar surface area (TPSA) is 169 Å². The van der Waals surface area contributed by atoms with Crippen LogP contribution in [-0.2, 0) is 14.2 Å². The molecule has 2 aliphatic heterocycles. The molecule has 0 aromatic carbocycles. The minimum absolute atomic E-state index is 0.295. The fourth-order valence-corrected chi connectivity index (χ4v) is 2.26. The van der Waals surface area contributed by atoms with Crippen LogP contribution in [0.15, 0.2) is 0 Å². The van der Waals surface area contributed by atoms with Crippen molar-refractivity contribution in [2.24, 2.45) is 0 Å². The minimum Gasteiger partial charge on any atom is -0.394 e. The van der Waals surface area contributed by atoms with E-state index in [0.717, 1.165) is 0 Å². The minimum atomic E-state index is -1.68. The molecule has 0 aromatic heterocycles. The van der Waals surface area contributed by atoms with Crippen molar-refractivity contribution in [1.29, 1.82) is 0 Å². The van der Waals surface area contributed by atoms with Gasteiger partial charge >= 0.3 is 0 Å². The molecule has 0 saturated carbocycles. The maximum absolute atomic E-state index is 9.78. The molecule has 2 heterocycles. The first kappa shape index (κ1) is 17.0. The number of ether oxygens (including phenoxy) is 3. The number of aliphatic hydroxyl groups excluding tert-OH is 7. The van der Waals surface area contributed by atoms with Crippen LogP contribution >= 0.6 is 0 Å². The van der Waals surface area contributed by atoms with Crippen LogP contribution < -0.4 is 0 Å². The predicted molar refractivity (Wildman–Crippen MR) is 62.6 cm³/mol. The Hall–Kier alpha value is -0.400. The van der Waals surface area contributed by atoms with Crippen LogP contribution in [0.1, 0.15) is 0 Å². The van der Waals surface area contributed by atoms with Crippen LogP contribution in [0.3, 0.4) is 0 Å². The first-order valence-corrected chi connectivity index (χ1v) is 6.48. The lowest BCUT2D eigenvalue weighted by atomic mass is 9.99. The summed E-state index contributed by atoms with van der Waals surface area (Å²) in [6, 6.07) is 0. The van der Waals surface area contributed by atoms with Gasteiger partial charge in [-0.2, -0.15) is 0 Å². The van der Waals surface area contributed by atoms with Crippen LogP contribution in [-0.4, -0.2) is 104 Å². The summed E-state index contributed by atoms with van der Waals surface area (Å²) in [5.74, 6) is 0. The fraction of sp³-hybridized carbons (Fsp3) is 1.00. The van der Waals surface area contributed by atoms with Gasteiger partial charge in [-0.1, -0.05) is 0 Å². The Morgan fingerprint density at radius 3 is 2.19 bits per heavy atom. The molecule has 7 N–H and O–H groups in total. The molecule has 2 rings (SSSR count). The lowest BCUT2D eigenvalue weighted by Gasteiger charge is -2.43. The zero-order chi connectivity index (χ0) is 15.7. The van der Waals surface area contributed by atoms with Crippen molar-refractivity contribution in [3.8, 4) is 0 Å². The van der Waals surface area contributed by atoms with Gasteiger partial charge < -0.3 is 50.0 Å². The van der Waals surface area contributed by atoms with Gasteiger partial charge in [-0.15, -0.1) is 0 Å². The third-order valence-corrected chi connectivity index (χ3v) is 3.59. The molecule has 10 heteroatoms. The summed E-state index contributed by atoms with van der Waals surface area (Å²) in [5, 5.41) is 66.8. The summed E-state index contributed by atoms with van der Waals surface area (Å²) in [7, 11) is 0. The van der Waals surface area contributed by atoms with Crippen LogP contribution in [0.4, 0.5) is 0 Å². The molecular weight excluding hydrogens is 292 g/mol. The van der Waals surface area contributed by atoms with Gasteiger partial charge in [0.2, 0.25) is 0 Å². The van der Waals surface area contributed by atoms with Crippen molar-refractivity contribution in [3.05, 3.63) is 0 Å². The third-order valence-electron chi connectivity index (χ3n) is 3.59. The molecule has 0 spiro atoms. The maximum Gasteiger partial charge on any atom is 0.187 e. The molecule has 2 saturated heterocycles. The molecule has 0 bridgehead atoms. The van der Waals surface area contributed by atoms with E-state index in [1.807, 2.05) is 0 Å². The Bertz CT molecular complexity index is 339. The van der Waals surface area contributed by atoms with Crippen molar-refractivity contribution in [1.82, 2.24) is 0 Å². The Kier molecular flexibility index (Phi) is 5.48. The highest BCUT2D eigenvalue weighted by Gasteiger charge is 2.48. The molecule has 10 nitrogen and oxygen atoms in total. The molecule has 0 aliphatic carbocycles. The Labute approximate surface area is 119 Å². The van der Waals surface area contributed by atoms with Crippen molar-refractivity contribution < 1.29 is 50.0 Å². The van der Waals surface area contributed by atoms with Crippen molar-refractivity contribution in [3.63, 3.8) is 0 Å². The standard InChI is InChI=1S/C11H20O10/c12-1-4-6(15)7(16)8(17)11(20-4)21-9-5(14)3(13)2-19-10(9)18/h3-18H,1-2H2/t3-,4-,5+,6+,7+,8-,9-,10+,11+/m1/s1. The Balaban J connectivity index is 2.06. The summed E-state index contributed by atoms with van der Waals surface area (Å²) in [6.07, 6.45) is -13.4. The van der Waals surface area contributed by atoms with Gasteiger partial charge in [-0.25, -0.2) is 0 Å². The molecular formula is C11H20O10. The summed E-state index contributed by atoms with van der Waals surface area (Å²) < 4.78 is 15.0. The van der Waals surface area contributed by atoms with Crippen LogP contribution in [0, 0.1) is 0 Å². The monoisotopic (exact) mass is 312 g/mol. The average Bonchev–Trinajstić information content (AvgIpc) is 2.47. The SMILES string of the molecule is OC[C@H]1O[C@@H](O[C@@H]2[C@@H](O)[C@H](O)CO[C@@H]2O)[C@H](O)[C@@H](O)[C@H]1O. The second-order valence-electron chi connectivity index (χ2n) is 5.08. The van der Waals surface area contributed by atoms with Crippen LogP contribution in [0.2, 0.25) is 0 Å². The quantitative estimate of drug-likeness (QED) is 0.268. The van der Waals surface area contributed by atoms with Gasteiger partial charge in [0.25, 0.3) is 0 Å². The predicted octanol–water partition coefficient (Wildman–Crippen LogP) is -4.76. The summed E-state index contributed by atoms with van der Waals surface area (Å²) in [5.41, 5.74) is 0. The summed E-state index contributed by atoms with van der Waals surface area (Å²) in [6.45, 7) is -0.934. The highest BCUT2D eigenvalue weighted by atomic mass is 16.7. The number of rotatable bonds is 3. The number of aliphatic hydroxyl groups is 7. The van der Waals surface area contributed by atoms with Crippen LogP contribution in [0.25, 0.3) is 0 Å². The number of hydrogen-bond donors (Lipinski definition) is 7. The van der Waals surface area contributed by atoms with E-state index in [4.69, 9.17) is 19.3 Å². The van der Waals surface area contributed by atoms with Gasteiger partial charge in [-0.05, 0) is 0 Å². The lowest BCUT2D eigenvalue weighted by molar-refractivity contribution is -0.352. The summed E-state index contributed by atoms with van der Waals surface area (Å²) in [4.78, 5) is 0. The molecule has 124 valence electrons. The molecule has 0 aromatic rings. The first-order valence-electron chi connectivity index (χ1n) is 6.48. The summed E-state index contributed by atoms with van der Waals surface area (Å²) >= 11 is 0. The van der Waals surface area contributed by atoms with E-state index in [1.54, 1.807) is 0 Å². The van der Waals surface area contributed by atoms with Gasteiger partial charge in [0.15, 0.2) is 12.6 Å². The molecule has 2 aliphatic rings. The van der Waals surface area contributed by atoms with Gasteiger partial charge in [-0.3, -0.25) is 0 Å². The first-order chi connectivity index (χ1) is 9.86. The Morgan fingerprint density at radius 1 is 0.905 bits per heavy atom. The van der Waals surface area contributed by atoms with Crippen molar-refractivity contribution in [2.75, 3.05) is 13.2 Å². The van der Waals surface area contributed by atoms with E-state index in [1.165, 1.54) is 0 Å². The van der Waals surface area contributed by atoms with Crippen molar-refractivity contribution >= 4 is 0 Å². The zero-order valence-electron chi connectivity index (χ0n) is 11.0. The Morgan fingerprint density at radius 2 is 1.57 bits per heavy atom. The molecule has 0 unspecified atom stereocenters. The van der Waals surface area contributed by atoms with E-state index in [9.17, 15) is 30.6 Å². The smallest absolute Gasteiger partial charge is 0.187 e. The average molecular weight is 312 g/mol. The molecule has 9 atom stereocenters. The molecule has 2 fully saturated rings. The normalized spacial score (nSPS) is 51.9. The van der Waals surface area contributed by atoms with E-state index in [2.05, 4.69) is 0 Å². The van der Waals surface area contributed by atoms with Gasteiger partial charge in [0.05, 0.1) is 13.2 Å². The highest BCUT2D eigenvalue weighted by Crippen LogP contribution is 2.26. The van der Waals surface area contributed by atoms with Gasteiger partial charge in [0, 0.05) is 0 Å². The highest BCUT2D eigenvalue weighted by molar-refractivity contribution is 4.91. The largest absolute Gasteiger partial charge is 0.394 e. The van der Waals surface area contributed by atoms with E-state index >= 15 is 0 Å². The van der Waals surface area contributed by atoms with Crippen molar-refractivity contribution in [2.45, 2.75) is 55.3 Å². The second kappa shape index (κ2) is 6.79. The van der Waals surface area contributed by atoms with E-state index < -0.39 is 61.9 Å². The lowest BCUT2D eigenvalue weighted by Crippen LogP contribution is -2.62. The van der Waals surface area contributed by atoms with E-state index in [-0.39, 0.29) is 6.61 Å². The molecule has 21 heavy (non-hydrogen) atoms. The molecule has 0 radical (unpaired) electrons. The van der Waals surface area contributed by atoms with Gasteiger partial charge in [0.1, 0.15) is 42.7 Å². The van der Waals surface area contributed by atoms with Crippen LogP contribution in [0.5, 0.6) is 0 Å². The second-order valence-corrected chi connectivity index (χ2v) is 5.08. The van der Waals surface area contributed by atoms with E-state index in [0.29, 0.717) is 0 Å². The maximum atomic E-state index is 9.78. The fourth-order valence-electron chi connectivity index (χ4n) is 2.26. The molecule has 0 amide bonds. The number of hydrogen-bond acceptors (Lipinski definition) is 10. The third kappa shape index (κ3) is 3.35.